The number of fused-ring (bicyclic) bond motifs is 1. The Kier molecular flexibility index (Phi) is 9.57. The van der Waals surface area contributed by atoms with Crippen molar-refractivity contribution in [2.45, 2.75) is 59.3 Å². The Balaban J connectivity index is 0.00000338. The van der Waals surface area contributed by atoms with Crippen LogP contribution in [0, 0.1) is 11.3 Å². The van der Waals surface area contributed by atoms with Crippen molar-refractivity contribution in [1.29, 1.82) is 5.41 Å². The third-order valence-corrected chi connectivity index (χ3v) is 4.36. The lowest BCUT2D eigenvalue weighted by molar-refractivity contribution is -0.137. The fraction of sp³-hybridized carbons (Fsp3) is 0.455. The summed E-state index contributed by atoms with van der Waals surface area (Å²) in [6, 6.07) is 12.1. The zero-order valence-corrected chi connectivity index (χ0v) is 17.7. The predicted molar refractivity (Wildman–Crippen MR) is 115 cm³/mol. The normalized spacial score (nSPS) is 10.6. The van der Waals surface area contributed by atoms with Gasteiger partial charge in [0.25, 0.3) is 0 Å². The Morgan fingerprint density at radius 2 is 1.73 bits per heavy atom. The highest BCUT2D eigenvalue weighted by Crippen LogP contribution is 2.23. The maximum atomic E-state index is 11.7. The predicted octanol–water partition coefficient (Wildman–Crippen LogP) is 6.51. The number of ether oxygens (including phenoxy) is 1. The molecule has 0 aromatic heterocycles. The molecule has 0 heterocycles. The van der Waals surface area contributed by atoms with Crippen LogP contribution in [-0.2, 0) is 11.2 Å². The number of carbonyl (C=O) groups excluding carboxylic acids is 1. The van der Waals surface area contributed by atoms with Gasteiger partial charge < -0.3 is 10.1 Å². The molecule has 0 amide bonds. The smallest absolute Gasteiger partial charge is 0.313 e. The van der Waals surface area contributed by atoms with E-state index in [9.17, 15) is 4.79 Å². The van der Waals surface area contributed by atoms with Gasteiger partial charge in [-0.05, 0) is 54.2 Å². The van der Waals surface area contributed by atoms with Gasteiger partial charge in [0.1, 0.15) is 5.75 Å². The summed E-state index contributed by atoms with van der Waals surface area (Å²) in [5.41, 5.74) is 2.10. The minimum absolute atomic E-state index is 0. The van der Waals surface area contributed by atoms with Gasteiger partial charge in [0, 0.05) is 5.71 Å². The number of aryl methyl sites for hydroxylation is 1. The monoisotopic (exact) mass is 419 g/mol. The summed E-state index contributed by atoms with van der Waals surface area (Å²) in [6.45, 7) is 5.85. The molecule has 0 spiro atoms. The van der Waals surface area contributed by atoms with Crippen LogP contribution < -0.4 is 4.74 Å². The molecule has 4 heteroatoms. The van der Waals surface area contributed by atoms with Gasteiger partial charge in [-0.25, -0.2) is 0 Å². The molecule has 0 saturated carbocycles. The minimum Gasteiger partial charge on any atom is -0.426 e. The molecule has 0 saturated heterocycles. The Morgan fingerprint density at radius 1 is 1.04 bits per heavy atom. The van der Waals surface area contributed by atoms with Crippen molar-refractivity contribution in [3.63, 3.8) is 0 Å². The van der Waals surface area contributed by atoms with E-state index in [-0.39, 0.29) is 28.9 Å². The maximum absolute atomic E-state index is 11.7. The molecular weight excluding hydrogens is 390 g/mol. The van der Waals surface area contributed by atoms with Crippen molar-refractivity contribution in [3.05, 3.63) is 42.0 Å². The molecule has 26 heavy (non-hydrogen) atoms. The quantitative estimate of drug-likeness (QED) is 0.218. The van der Waals surface area contributed by atoms with Crippen molar-refractivity contribution in [1.82, 2.24) is 0 Å². The van der Waals surface area contributed by atoms with Gasteiger partial charge in [0.2, 0.25) is 0 Å². The van der Waals surface area contributed by atoms with Gasteiger partial charge in [-0.2, -0.15) is 0 Å². The fourth-order valence-corrected chi connectivity index (χ4v) is 2.73. The van der Waals surface area contributed by atoms with Gasteiger partial charge in [0.15, 0.2) is 0 Å². The van der Waals surface area contributed by atoms with E-state index in [4.69, 9.17) is 10.1 Å². The largest absolute Gasteiger partial charge is 0.426 e. The summed E-state index contributed by atoms with van der Waals surface area (Å²) in [5.74, 6) is 0.250. The first-order valence-electron chi connectivity index (χ1n) is 9.30. The van der Waals surface area contributed by atoms with Gasteiger partial charge in [-0.1, -0.05) is 57.9 Å². The number of esters is 1. The molecule has 3 nitrogen and oxygen atoms in total. The number of benzene rings is 2. The summed E-state index contributed by atoms with van der Waals surface area (Å²) in [4.78, 5) is 11.7. The van der Waals surface area contributed by atoms with E-state index in [1.54, 1.807) is 0 Å². The Hall–Kier alpha value is -1.68. The molecule has 2 aromatic carbocycles. The van der Waals surface area contributed by atoms with Crippen LogP contribution in [0.4, 0.5) is 0 Å². The first-order chi connectivity index (χ1) is 12.0. The molecule has 0 aliphatic heterocycles. The first kappa shape index (κ1) is 22.4. The Morgan fingerprint density at radius 3 is 2.42 bits per heavy atom. The van der Waals surface area contributed by atoms with E-state index in [2.05, 4.69) is 25.1 Å². The summed E-state index contributed by atoms with van der Waals surface area (Å²) >= 11 is 0. The van der Waals surface area contributed by atoms with Crippen LogP contribution in [0.25, 0.3) is 10.8 Å². The first-order valence-corrected chi connectivity index (χ1v) is 9.30. The summed E-state index contributed by atoms with van der Waals surface area (Å²) < 4.78 is 5.37. The number of hydrogen-bond donors (Lipinski definition) is 1. The van der Waals surface area contributed by atoms with E-state index in [0.29, 0.717) is 5.75 Å². The highest BCUT2D eigenvalue weighted by molar-refractivity contribution is 8.93. The third kappa shape index (κ3) is 6.91. The lowest BCUT2D eigenvalue weighted by atomic mass is 10.0. The molecule has 142 valence electrons. The van der Waals surface area contributed by atoms with Gasteiger partial charge >= 0.3 is 5.97 Å². The molecule has 0 atom stereocenters. The lowest BCUT2D eigenvalue weighted by Crippen LogP contribution is -2.14. The maximum Gasteiger partial charge on any atom is 0.313 e. The standard InChI is InChI=1S/C22H29NO2.BrH/c1-4-5-6-7-20(23)12-9-17-8-10-19-15-21(13-11-18(19)14-17)25-22(24)16(2)3;/h8,10-11,13-16,23H,4-7,9,12H2,1-3H3;1H. The van der Waals surface area contributed by atoms with Crippen LogP contribution in [0.2, 0.25) is 0 Å². The van der Waals surface area contributed by atoms with Crippen molar-refractivity contribution >= 4 is 39.4 Å². The zero-order valence-electron chi connectivity index (χ0n) is 16.0. The molecule has 0 bridgehead atoms. The van der Waals surface area contributed by atoms with Gasteiger partial charge in [0.05, 0.1) is 5.92 Å². The number of unbranched alkanes of at least 4 members (excludes halogenated alkanes) is 2. The van der Waals surface area contributed by atoms with E-state index in [1.165, 1.54) is 18.4 Å². The molecule has 0 radical (unpaired) electrons. The van der Waals surface area contributed by atoms with Crippen molar-refractivity contribution < 1.29 is 9.53 Å². The summed E-state index contributed by atoms with van der Waals surface area (Å²) in [5, 5.41) is 10.3. The number of carbonyl (C=O) groups is 1. The van der Waals surface area contributed by atoms with Gasteiger partial charge in [-0.3, -0.25) is 4.79 Å². The molecular formula is C22H30BrNO2. The van der Waals surface area contributed by atoms with Crippen LogP contribution in [0.3, 0.4) is 0 Å². The highest BCUT2D eigenvalue weighted by Gasteiger charge is 2.10. The van der Waals surface area contributed by atoms with Gasteiger partial charge in [-0.15, -0.1) is 17.0 Å². The summed E-state index contributed by atoms with van der Waals surface area (Å²) in [7, 11) is 0. The second kappa shape index (κ2) is 11.1. The minimum atomic E-state index is -0.211. The second-order valence-corrected chi connectivity index (χ2v) is 6.98. The fourth-order valence-electron chi connectivity index (χ4n) is 2.73. The zero-order chi connectivity index (χ0) is 18.2. The van der Waals surface area contributed by atoms with E-state index in [1.807, 2.05) is 32.0 Å². The highest BCUT2D eigenvalue weighted by atomic mass is 79.9. The molecule has 2 rings (SSSR count). The topological polar surface area (TPSA) is 50.1 Å². The van der Waals surface area contributed by atoms with Crippen LogP contribution in [0.5, 0.6) is 5.75 Å². The number of nitrogens with one attached hydrogen (secondary N) is 1. The summed E-state index contributed by atoms with van der Waals surface area (Å²) in [6.07, 6.45) is 6.20. The molecule has 0 aliphatic carbocycles. The average Bonchev–Trinajstić information content (AvgIpc) is 2.60. The Bertz CT molecular complexity index is 740. The van der Waals surface area contributed by atoms with E-state index >= 15 is 0 Å². The van der Waals surface area contributed by atoms with Crippen LogP contribution >= 0.6 is 17.0 Å². The number of halogens is 1. The number of rotatable bonds is 9. The van der Waals surface area contributed by atoms with Crippen molar-refractivity contribution in [2.75, 3.05) is 0 Å². The molecule has 0 aliphatic rings. The van der Waals surface area contributed by atoms with Crippen molar-refractivity contribution in [3.8, 4) is 5.75 Å². The van der Waals surface area contributed by atoms with Crippen LogP contribution in [0.1, 0.15) is 58.4 Å². The van der Waals surface area contributed by atoms with E-state index < -0.39 is 0 Å². The average molecular weight is 420 g/mol. The molecule has 1 N–H and O–H groups in total. The third-order valence-electron chi connectivity index (χ3n) is 4.36. The van der Waals surface area contributed by atoms with E-state index in [0.717, 1.165) is 42.2 Å². The lowest BCUT2D eigenvalue weighted by Gasteiger charge is -2.09. The Labute approximate surface area is 167 Å². The van der Waals surface area contributed by atoms with Crippen molar-refractivity contribution in [2.24, 2.45) is 5.92 Å². The molecule has 0 fully saturated rings. The molecule has 0 unspecified atom stereocenters. The number of hydrogen-bond acceptors (Lipinski definition) is 3. The van der Waals surface area contributed by atoms with Crippen LogP contribution in [0.15, 0.2) is 36.4 Å². The van der Waals surface area contributed by atoms with Crippen LogP contribution in [-0.4, -0.2) is 11.7 Å². The second-order valence-electron chi connectivity index (χ2n) is 6.98. The molecule has 2 aromatic rings. The SMILES string of the molecule is Br.CCCCCC(=N)CCc1ccc2cc(OC(=O)C(C)C)ccc2c1.